The van der Waals surface area contributed by atoms with E-state index in [-0.39, 0.29) is 0 Å². The molecule has 0 spiro atoms. The van der Waals surface area contributed by atoms with E-state index >= 15 is 0 Å². The van der Waals surface area contributed by atoms with Crippen LogP contribution in [0.25, 0.3) is 16.5 Å². The molecule has 19 heavy (non-hydrogen) atoms. The van der Waals surface area contributed by atoms with Crippen LogP contribution in [0.1, 0.15) is 23.7 Å². The lowest BCUT2D eigenvalue weighted by Crippen LogP contribution is -2.08. The van der Waals surface area contributed by atoms with Gasteiger partial charge in [-0.3, -0.25) is 0 Å². The minimum atomic E-state index is -0.605. The van der Waals surface area contributed by atoms with Crippen LogP contribution in [-0.2, 0) is 4.74 Å². The van der Waals surface area contributed by atoms with E-state index in [0.717, 1.165) is 34.1 Å². The normalized spacial score (nSPS) is 17.4. The van der Waals surface area contributed by atoms with Gasteiger partial charge in [0.2, 0.25) is 0 Å². The number of hydrogen-bond acceptors (Lipinski definition) is 3. The second-order valence-electron chi connectivity index (χ2n) is 4.72. The first-order valence-electron chi connectivity index (χ1n) is 6.56. The van der Waals surface area contributed by atoms with Crippen molar-refractivity contribution < 1.29 is 9.84 Å². The second-order valence-corrected chi connectivity index (χ2v) is 4.72. The predicted molar refractivity (Wildman–Crippen MR) is 76.5 cm³/mol. The first-order chi connectivity index (χ1) is 9.31. The van der Waals surface area contributed by atoms with E-state index < -0.39 is 6.10 Å². The van der Waals surface area contributed by atoms with Gasteiger partial charge in [-0.25, -0.2) is 0 Å². The van der Waals surface area contributed by atoms with Gasteiger partial charge in [0, 0.05) is 5.56 Å². The number of aliphatic hydroxyl groups excluding tert-OH is 1. The zero-order valence-corrected chi connectivity index (χ0v) is 10.7. The van der Waals surface area contributed by atoms with Gasteiger partial charge in [-0.2, -0.15) is 0 Å². The Morgan fingerprint density at radius 3 is 2.74 bits per heavy atom. The van der Waals surface area contributed by atoms with Gasteiger partial charge in [0.25, 0.3) is 0 Å². The van der Waals surface area contributed by atoms with Crippen LogP contribution in [0.15, 0.2) is 42.5 Å². The van der Waals surface area contributed by atoms with Crippen molar-refractivity contribution >= 4 is 16.5 Å². The molecule has 3 N–H and O–H groups in total. The fraction of sp³-hybridized carbons (Fsp3) is 0.250. The average molecular weight is 255 g/mol. The van der Waals surface area contributed by atoms with Crippen molar-refractivity contribution in [2.24, 2.45) is 5.73 Å². The highest BCUT2D eigenvalue weighted by Crippen LogP contribution is 2.37. The van der Waals surface area contributed by atoms with Crippen molar-refractivity contribution in [2.45, 2.75) is 12.5 Å². The van der Waals surface area contributed by atoms with E-state index in [1.807, 2.05) is 24.3 Å². The first kappa shape index (κ1) is 12.2. The zero-order chi connectivity index (χ0) is 13.2. The van der Waals surface area contributed by atoms with Gasteiger partial charge >= 0.3 is 0 Å². The molecule has 3 heteroatoms. The third-order valence-corrected chi connectivity index (χ3v) is 3.44. The summed E-state index contributed by atoms with van der Waals surface area (Å²) in [5.74, 6) is 0.755. The molecule has 0 saturated carbocycles. The maximum absolute atomic E-state index is 10.2. The molecule has 0 saturated heterocycles. The van der Waals surface area contributed by atoms with E-state index in [0.29, 0.717) is 13.2 Å². The van der Waals surface area contributed by atoms with Crippen LogP contribution >= 0.6 is 0 Å². The number of benzene rings is 2. The van der Waals surface area contributed by atoms with Crippen LogP contribution in [0.3, 0.4) is 0 Å². The lowest BCUT2D eigenvalue weighted by molar-refractivity contribution is 0.218. The lowest BCUT2D eigenvalue weighted by Gasteiger charge is -2.22. The van der Waals surface area contributed by atoms with Crippen molar-refractivity contribution in [1.29, 1.82) is 0 Å². The van der Waals surface area contributed by atoms with Crippen LogP contribution in [0.5, 0.6) is 0 Å². The molecular weight excluding hydrogens is 238 g/mol. The fourth-order valence-corrected chi connectivity index (χ4v) is 2.54. The maximum atomic E-state index is 10.2. The molecule has 2 aromatic rings. The van der Waals surface area contributed by atoms with Gasteiger partial charge in [0.15, 0.2) is 0 Å². The molecule has 98 valence electrons. The van der Waals surface area contributed by atoms with Gasteiger partial charge in [-0.05, 0) is 35.4 Å². The zero-order valence-electron chi connectivity index (χ0n) is 10.7. The summed E-state index contributed by atoms with van der Waals surface area (Å²) in [7, 11) is 0. The van der Waals surface area contributed by atoms with E-state index in [1.54, 1.807) is 6.08 Å². The van der Waals surface area contributed by atoms with E-state index in [2.05, 4.69) is 12.1 Å². The van der Waals surface area contributed by atoms with E-state index in [1.165, 1.54) is 0 Å². The summed E-state index contributed by atoms with van der Waals surface area (Å²) in [6.45, 7) is 1.18. The standard InChI is InChI=1S/C16H17NO2/c17-8-3-9-19-15-10-14(18)12-6-1-4-11-5-2-7-13(15)16(11)12/h1-2,4-7,10,14,18H,3,8-9,17H2. The summed E-state index contributed by atoms with van der Waals surface area (Å²) in [5, 5.41) is 12.4. The molecule has 3 nitrogen and oxygen atoms in total. The Morgan fingerprint density at radius 1 is 1.16 bits per heavy atom. The molecule has 2 aromatic carbocycles. The molecule has 0 radical (unpaired) electrons. The lowest BCUT2D eigenvalue weighted by atomic mass is 9.90. The SMILES string of the molecule is NCCCOC1=CC(O)c2cccc3cccc1c23. The number of hydrogen-bond donors (Lipinski definition) is 2. The molecule has 3 rings (SSSR count). The Hall–Kier alpha value is -1.84. The summed E-state index contributed by atoms with van der Waals surface area (Å²) in [5.41, 5.74) is 7.47. The Morgan fingerprint density at radius 2 is 1.95 bits per heavy atom. The highest BCUT2D eigenvalue weighted by atomic mass is 16.5. The monoisotopic (exact) mass is 255 g/mol. The molecule has 1 aliphatic carbocycles. The summed E-state index contributed by atoms with van der Waals surface area (Å²) >= 11 is 0. The number of nitrogens with two attached hydrogens (primary N) is 1. The molecule has 0 amide bonds. The fourth-order valence-electron chi connectivity index (χ4n) is 2.54. The molecule has 1 atom stereocenters. The number of rotatable bonds is 4. The summed E-state index contributed by atoms with van der Waals surface area (Å²) in [6.07, 6.45) is 1.98. The molecule has 1 unspecified atom stereocenters. The summed E-state index contributed by atoms with van der Waals surface area (Å²) < 4.78 is 5.76. The van der Waals surface area contributed by atoms with Crippen LogP contribution in [0, 0.1) is 0 Å². The summed E-state index contributed by atoms with van der Waals surface area (Å²) in [6, 6.07) is 12.1. The van der Waals surface area contributed by atoms with E-state index in [9.17, 15) is 5.11 Å². The minimum Gasteiger partial charge on any atom is -0.493 e. The predicted octanol–water partition coefficient (Wildman–Crippen LogP) is 2.59. The molecule has 0 bridgehead atoms. The summed E-state index contributed by atoms with van der Waals surface area (Å²) in [4.78, 5) is 0. The minimum absolute atomic E-state index is 0.577. The molecule has 1 aliphatic rings. The molecule has 0 fully saturated rings. The van der Waals surface area contributed by atoms with Gasteiger partial charge in [-0.1, -0.05) is 36.4 Å². The number of aliphatic hydroxyl groups is 1. The van der Waals surface area contributed by atoms with E-state index in [4.69, 9.17) is 10.5 Å². The topological polar surface area (TPSA) is 55.5 Å². The molecule has 0 aromatic heterocycles. The van der Waals surface area contributed by atoms with Crippen molar-refractivity contribution in [3.63, 3.8) is 0 Å². The van der Waals surface area contributed by atoms with Crippen LogP contribution in [0.2, 0.25) is 0 Å². The van der Waals surface area contributed by atoms with Crippen molar-refractivity contribution in [3.8, 4) is 0 Å². The van der Waals surface area contributed by atoms with Gasteiger partial charge in [0.1, 0.15) is 11.9 Å². The Bertz CT molecular complexity index is 628. The van der Waals surface area contributed by atoms with Crippen LogP contribution in [0.4, 0.5) is 0 Å². The van der Waals surface area contributed by atoms with Crippen molar-refractivity contribution in [3.05, 3.63) is 53.6 Å². The molecule has 0 aliphatic heterocycles. The highest BCUT2D eigenvalue weighted by molar-refractivity contribution is 5.97. The quantitative estimate of drug-likeness (QED) is 0.826. The van der Waals surface area contributed by atoms with Crippen LogP contribution in [-0.4, -0.2) is 18.3 Å². The average Bonchev–Trinajstić information content (AvgIpc) is 2.44. The third kappa shape index (κ3) is 2.11. The van der Waals surface area contributed by atoms with Gasteiger partial charge < -0.3 is 15.6 Å². The van der Waals surface area contributed by atoms with Gasteiger partial charge in [-0.15, -0.1) is 0 Å². The van der Waals surface area contributed by atoms with Crippen molar-refractivity contribution in [1.82, 2.24) is 0 Å². The van der Waals surface area contributed by atoms with Gasteiger partial charge in [0.05, 0.1) is 6.61 Å². The third-order valence-electron chi connectivity index (χ3n) is 3.44. The highest BCUT2D eigenvalue weighted by Gasteiger charge is 2.21. The molecule has 0 heterocycles. The smallest absolute Gasteiger partial charge is 0.126 e. The Kier molecular flexibility index (Phi) is 3.23. The number of ether oxygens (including phenoxy) is 1. The van der Waals surface area contributed by atoms with Crippen LogP contribution < -0.4 is 5.73 Å². The molecular formula is C16H17NO2. The maximum Gasteiger partial charge on any atom is 0.126 e. The Balaban J connectivity index is 2.07. The first-order valence-corrected chi connectivity index (χ1v) is 6.56. The van der Waals surface area contributed by atoms with Crippen molar-refractivity contribution in [2.75, 3.05) is 13.2 Å². The second kappa shape index (κ2) is 5.03. The largest absolute Gasteiger partial charge is 0.493 e. The Labute approximate surface area is 112 Å².